The zero-order valence-corrected chi connectivity index (χ0v) is 25.8. The molecule has 0 radical (unpaired) electrons. The van der Waals surface area contributed by atoms with Gasteiger partial charge in [0, 0.05) is 44.2 Å². The van der Waals surface area contributed by atoms with Gasteiger partial charge in [-0.1, -0.05) is 6.07 Å². The fourth-order valence-electron chi connectivity index (χ4n) is 5.98. The smallest absolute Gasteiger partial charge is 0.255 e. The van der Waals surface area contributed by atoms with Crippen LogP contribution in [0.2, 0.25) is 0 Å². The number of nitrogens with zero attached hydrogens (tertiary/aromatic N) is 3. The molecule has 1 aliphatic heterocycles. The fraction of sp³-hybridized carbons (Fsp3) is 0.281. The van der Waals surface area contributed by atoms with Crippen LogP contribution in [0.25, 0.3) is 33.3 Å². The lowest BCUT2D eigenvalue weighted by Crippen LogP contribution is -2.43. The molecule has 0 aliphatic carbocycles. The number of sulfonamides is 1. The van der Waals surface area contributed by atoms with Crippen LogP contribution < -0.4 is 14.9 Å². The molecule has 10 nitrogen and oxygen atoms in total. The normalized spacial score (nSPS) is 17.1. The van der Waals surface area contributed by atoms with Gasteiger partial charge in [-0.15, -0.1) is 0 Å². The van der Waals surface area contributed by atoms with Crippen molar-refractivity contribution in [3.05, 3.63) is 83.2 Å². The number of carbonyl (C=O) groups excluding carboxylic acids is 2. The van der Waals surface area contributed by atoms with E-state index in [4.69, 9.17) is 4.42 Å². The summed E-state index contributed by atoms with van der Waals surface area (Å²) in [5.74, 6) is -1.42. The first-order chi connectivity index (χ1) is 21.4. The summed E-state index contributed by atoms with van der Waals surface area (Å²) < 4.78 is 62.5. The highest BCUT2D eigenvalue weighted by Crippen LogP contribution is 2.41. The number of amides is 1. The van der Waals surface area contributed by atoms with E-state index in [1.165, 1.54) is 44.4 Å². The summed E-state index contributed by atoms with van der Waals surface area (Å²) in [6.07, 6.45) is 2.76. The summed E-state index contributed by atoms with van der Waals surface area (Å²) in [6, 6.07) is 12.1. The number of hydrogen-bond acceptors (Lipinski definition) is 7. The predicted octanol–water partition coefficient (Wildman–Crippen LogP) is 5.09. The average Bonchev–Trinajstić information content (AvgIpc) is 3.57. The summed E-state index contributed by atoms with van der Waals surface area (Å²) in [7, 11) is 0.823. The van der Waals surface area contributed by atoms with Crippen molar-refractivity contribution in [2.24, 2.45) is 7.05 Å². The lowest BCUT2D eigenvalue weighted by molar-refractivity contribution is 0.0898. The second-order valence-corrected chi connectivity index (χ2v) is 13.2. The van der Waals surface area contributed by atoms with Gasteiger partial charge in [0.2, 0.25) is 15.8 Å². The number of piperidine rings is 1. The van der Waals surface area contributed by atoms with E-state index in [1.807, 2.05) is 0 Å². The van der Waals surface area contributed by atoms with Crippen LogP contribution in [0.1, 0.15) is 51.8 Å². The third-order valence-electron chi connectivity index (χ3n) is 8.40. The molecule has 5 aromatic rings. The molecule has 2 N–H and O–H groups in total. The molecule has 234 valence electrons. The third kappa shape index (κ3) is 5.35. The minimum Gasteiger partial charge on any atom is -0.455 e. The molecule has 0 bridgehead atoms. The molecular weight excluding hydrogens is 604 g/mol. The minimum atomic E-state index is -3.74. The topological polar surface area (TPSA) is 127 Å². The van der Waals surface area contributed by atoms with Crippen molar-refractivity contribution in [3.63, 3.8) is 0 Å². The number of aryl methyl sites for hydroxylation is 1. The van der Waals surface area contributed by atoms with Gasteiger partial charge in [-0.2, -0.15) is 0 Å². The SMILES string of the molecule is CNC(=O)c1c(-c2ccc(F)cc2)oc2cc(N(C)S(C)(=O)=O)c([C@H]3CCCC(C(=O)c4nc5c(F)cccc5n4C)N3)cc12. The quantitative estimate of drug-likeness (QED) is 0.239. The van der Waals surface area contributed by atoms with Gasteiger partial charge in [-0.05, 0) is 67.3 Å². The van der Waals surface area contributed by atoms with E-state index in [-0.39, 0.29) is 34.0 Å². The van der Waals surface area contributed by atoms with Gasteiger partial charge in [0.1, 0.15) is 22.7 Å². The largest absolute Gasteiger partial charge is 0.455 e. The van der Waals surface area contributed by atoms with E-state index in [1.54, 1.807) is 35.9 Å². The van der Waals surface area contributed by atoms with Gasteiger partial charge < -0.3 is 19.6 Å². The average molecular weight is 636 g/mol. The van der Waals surface area contributed by atoms with Crippen LogP contribution >= 0.6 is 0 Å². The number of furan rings is 1. The predicted molar refractivity (Wildman–Crippen MR) is 167 cm³/mol. The molecule has 13 heteroatoms. The van der Waals surface area contributed by atoms with Crippen molar-refractivity contribution in [1.29, 1.82) is 0 Å². The lowest BCUT2D eigenvalue weighted by atomic mass is 9.89. The second kappa shape index (κ2) is 11.4. The molecule has 1 saturated heterocycles. The standard InChI is InChI=1S/C32H31F2N5O5S/c1-35-32(41)27-20-15-19(25(39(3)45(4,42)43)16-26(20)44-30(27)17-11-13-18(33)14-12-17)22-8-6-9-23(36-22)29(40)31-37-28-21(34)7-5-10-24(28)38(31)2/h5,7,10-16,22-23,36H,6,8-9H2,1-4H3,(H,35,41)/t22-,23?/m1/s1. The van der Waals surface area contributed by atoms with Crippen LogP contribution in [-0.2, 0) is 17.1 Å². The van der Waals surface area contributed by atoms with Gasteiger partial charge in [0.15, 0.2) is 11.6 Å². The number of halogens is 2. The number of Topliss-reactive ketones (excluding diaryl/α,β-unsaturated/α-hetero) is 1. The Bertz CT molecular complexity index is 2090. The molecule has 6 rings (SSSR count). The number of carbonyl (C=O) groups is 2. The molecule has 1 aliphatic rings. The molecule has 1 amide bonds. The van der Waals surface area contributed by atoms with Crippen molar-refractivity contribution in [3.8, 4) is 11.3 Å². The zero-order valence-electron chi connectivity index (χ0n) is 25.0. The fourth-order valence-corrected chi connectivity index (χ4v) is 6.49. The molecule has 45 heavy (non-hydrogen) atoms. The maximum Gasteiger partial charge on any atom is 0.255 e. The van der Waals surface area contributed by atoms with Gasteiger partial charge in [-0.25, -0.2) is 22.2 Å². The maximum atomic E-state index is 14.4. The van der Waals surface area contributed by atoms with Crippen molar-refractivity contribution in [2.75, 3.05) is 24.7 Å². The van der Waals surface area contributed by atoms with E-state index in [0.717, 1.165) is 10.6 Å². The molecule has 3 heterocycles. The number of rotatable bonds is 7. The number of benzene rings is 3. The number of imidazole rings is 1. The highest BCUT2D eigenvalue weighted by atomic mass is 32.2. The third-order valence-corrected chi connectivity index (χ3v) is 9.59. The van der Waals surface area contributed by atoms with Crippen molar-refractivity contribution < 1.29 is 31.2 Å². The van der Waals surface area contributed by atoms with Crippen molar-refractivity contribution >= 4 is 49.4 Å². The van der Waals surface area contributed by atoms with Gasteiger partial charge in [0.25, 0.3) is 5.91 Å². The van der Waals surface area contributed by atoms with Crippen LogP contribution in [0.4, 0.5) is 14.5 Å². The Balaban J connectivity index is 1.47. The van der Waals surface area contributed by atoms with E-state index in [9.17, 15) is 26.8 Å². The number of nitrogens with one attached hydrogen (secondary N) is 2. The summed E-state index contributed by atoms with van der Waals surface area (Å²) in [5.41, 5.74) is 2.38. The highest BCUT2D eigenvalue weighted by Gasteiger charge is 2.34. The van der Waals surface area contributed by atoms with Crippen LogP contribution in [0.15, 0.2) is 59.0 Å². The van der Waals surface area contributed by atoms with Crippen molar-refractivity contribution in [1.82, 2.24) is 20.2 Å². The molecule has 0 saturated carbocycles. The van der Waals surface area contributed by atoms with Gasteiger partial charge >= 0.3 is 0 Å². The maximum absolute atomic E-state index is 14.4. The first-order valence-electron chi connectivity index (χ1n) is 14.3. The van der Waals surface area contributed by atoms with Crippen LogP contribution in [0.3, 0.4) is 0 Å². The highest BCUT2D eigenvalue weighted by molar-refractivity contribution is 7.92. The number of ketones is 1. The molecule has 1 unspecified atom stereocenters. The van der Waals surface area contributed by atoms with E-state index in [2.05, 4.69) is 15.6 Å². The Labute approximate surface area is 258 Å². The molecule has 0 spiro atoms. The zero-order chi connectivity index (χ0) is 32.2. The monoisotopic (exact) mass is 635 g/mol. The number of fused-ring (bicyclic) bond motifs is 2. The number of anilines is 1. The van der Waals surface area contributed by atoms with Crippen LogP contribution in [-0.4, -0.2) is 56.1 Å². The second-order valence-electron chi connectivity index (χ2n) is 11.2. The minimum absolute atomic E-state index is 0.108. The summed E-state index contributed by atoms with van der Waals surface area (Å²) in [6.45, 7) is 0. The van der Waals surface area contributed by atoms with E-state index in [0.29, 0.717) is 47.0 Å². The van der Waals surface area contributed by atoms with Gasteiger partial charge in [0.05, 0.1) is 29.1 Å². The Hall–Kier alpha value is -4.62. The Morgan fingerprint density at radius 1 is 1.11 bits per heavy atom. The number of para-hydroxylation sites is 1. The number of aromatic nitrogens is 2. The summed E-state index contributed by atoms with van der Waals surface area (Å²) in [5, 5.41) is 6.43. The molecule has 2 atom stereocenters. The van der Waals surface area contributed by atoms with Crippen molar-refractivity contribution in [2.45, 2.75) is 31.3 Å². The Morgan fingerprint density at radius 2 is 1.84 bits per heavy atom. The lowest BCUT2D eigenvalue weighted by Gasteiger charge is -2.33. The molecule has 1 fully saturated rings. The molecular formula is C32H31F2N5O5S. The van der Waals surface area contributed by atoms with Crippen LogP contribution in [0, 0.1) is 11.6 Å². The first kappa shape index (κ1) is 30.4. The van der Waals surface area contributed by atoms with Gasteiger partial charge in [-0.3, -0.25) is 13.9 Å². The first-order valence-corrected chi connectivity index (χ1v) is 16.2. The Morgan fingerprint density at radius 3 is 2.51 bits per heavy atom. The molecule has 3 aromatic carbocycles. The van der Waals surface area contributed by atoms with E-state index < -0.39 is 39.6 Å². The summed E-state index contributed by atoms with van der Waals surface area (Å²) in [4.78, 5) is 31.3. The van der Waals surface area contributed by atoms with Crippen LogP contribution in [0.5, 0.6) is 0 Å². The number of hydrogen-bond donors (Lipinski definition) is 2. The molecule has 2 aromatic heterocycles. The summed E-state index contributed by atoms with van der Waals surface area (Å²) >= 11 is 0. The Kier molecular flexibility index (Phi) is 7.69. The van der Waals surface area contributed by atoms with E-state index >= 15 is 0 Å².